The summed E-state index contributed by atoms with van der Waals surface area (Å²) >= 11 is 1.60. The van der Waals surface area contributed by atoms with Crippen LogP contribution in [0.3, 0.4) is 0 Å². The molecule has 0 spiro atoms. The molecule has 0 aliphatic carbocycles. The van der Waals surface area contributed by atoms with Crippen molar-refractivity contribution in [1.82, 2.24) is 10.6 Å². The van der Waals surface area contributed by atoms with Crippen molar-refractivity contribution in [2.24, 2.45) is 0 Å². The number of hydrogen-bond donors (Lipinski definition) is 3. The predicted octanol–water partition coefficient (Wildman–Crippen LogP) is 3.87. The van der Waals surface area contributed by atoms with Gasteiger partial charge in [-0.2, -0.15) is 0 Å². The molecule has 2 amide bonds. The topological polar surface area (TPSA) is 61.4 Å². The molecule has 3 N–H and O–H groups in total. The van der Waals surface area contributed by atoms with Crippen molar-refractivity contribution in [2.75, 3.05) is 13.1 Å². The van der Waals surface area contributed by atoms with E-state index >= 15 is 0 Å². The minimum absolute atomic E-state index is 0.200. The summed E-state index contributed by atoms with van der Waals surface area (Å²) in [7, 11) is 0. The Morgan fingerprint density at radius 2 is 1.80 bits per heavy atom. The van der Waals surface area contributed by atoms with Gasteiger partial charge >= 0.3 is 6.03 Å². The molecule has 130 valence electrons. The lowest BCUT2D eigenvalue weighted by atomic mass is 10.1. The van der Waals surface area contributed by atoms with Gasteiger partial charge in [-0.1, -0.05) is 48.5 Å². The Morgan fingerprint density at radius 1 is 1.04 bits per heavy atom. The fraction of sp³-hybridized carbons (Fsp3) is 0.250. The Morgan fingerprint density at radius 3 is 2.64 bits per heavy atom. The summed E-state index contributed by atoms with van der Waals surface area (Å²) in [4.78, 5) is 11.9. The number of fused-ring (bicyclic) bond motifs is 1. The monoisotopic (exact) mass is 354 g/mol. The summed E-state index contributed by atoms with van der Waals surface area (Å²) in [6, 6.07) is 17.9. The summed E-state index contributed by atoms with van der Waals surface area (Å²) in [5, 5.41) is 18.9. The average Bonchev–Trinajstić information content (AvgIpc) is 3.08. The molecule has 5 heteroatoms. The molecule has 3 rings (SSSR count). The Labute approximate surface area is 151 Å². The summed E-state index contributed by atoms with van der Waals surface area (Å²) in [6.45, 7) is 0.809. The molecule has 1 heterocycles. The third-order valence-corrected chi connectivity index (χ3v) is 5.08. The lowest BCUT2D eigenvalue weighted by molar-refractivity contribution is 0.175. The highest BCUT2D eigenvalue weighted by Gasteiger charge is 2.13. The molecular formula is C20H22N2O2S. The van der Waals surface area contributed by atoms with Crippen LogP contribution < -0.4 is 10.6 Å². The summed E-state index contributed by atoms with van der Waals surface area (Å²) in [6.07, 6.45) is 1.12. The standard InChI is InChI=1S/C20H22N2O2S/c23-18(17-14-25-19-11-5-4-10-16(17)19)13-22-20(24)21-12-6-9-15-7-2-1-3-8-15/h1-5,7-8,10-11,14,18,23H,6,9,12-13H2,(H2,21,22,24). The van der Waals surface area contributed by atoms with Crippen LogP contribution in [0.1, 0.15) is 23.7 Å². The number of rotatable bonds is 7. The first kappa shape index (κ1) is 17.5. The number of aliphatic hydroxyl groups excluding tert-OH is 1. The minimum Gasteiger partial charge on any atom is -0.387 e. The van der Waals surface area contributed by atoms with Crippen molar-refractivity contribution in [3.8, 4) is 0 Å². The van der Waals surface area contributed by atoms with Gasteiger partial charge in [-0.25, -0.2) is 4.79 Å². The number of aliphatic hydroxyl groups is 1. The quantitative estimate of drug-likeness (QED) is 0.564. The van der Waals surface area contributed by atoms with Gasteiger partial charge in [-0.3, -0.25) is 0 Å². The zero-order chi connectivity index (χ0) is 17.5. The molecule has 1 unspecified atom stereocenters. The Bertz CT molecular complexity index is 817. The molecule has 1 atom stereocenters. The second-order valence-corrected chi connectivity index (χ2v) is 6.84. The van der Waals surface area contributed by atoms with Gasteiger partial charge in [0.05, 0.1) is 6.10 Å². The molecule has 3 aromatic rings. The van der Waals surface area contributed by atoms with Gasteiger partial charge in [0.25, 0.3) is 0 Å². The Balaban J connectivity index is 1.40. The molecule has 0 fully saturated rings. The van der Waals surface area contributed by atoms with Gasteiger partial charge in [0.15, 0.2) is 0 Å². The van der Waals surface area contributed by atoms with E-state index in [2.05, 4.69) is 22.8 Å². The number of aryl methyl sites for hydroxylation is 1. The molecule has 0 bridgehead atoms. The lowest BCUT2D eigenvalue weighted by Gasteiger charge is -2.12. The van der Waals surface area contributed by atoms with Gasteiger partial charge < -0.3 is 15.7 Å². The van der Waals surface area contributed by atoms with Crippen molar-refractivity contribution >= 4 is 27.5 Å². The molecule has 0 aliphatic rings. The smallest absolute Gasteiger partial charge is 0.314 e. The van der Waals surface area contributed by atoms with E-state index in [9.17, 15) is 9.90 Å². The zero-order valence-corrected chi connectivity index (χ0v) is 14.8. The number of carbonyl (C=O) groups is 1. The zero-order valence-electron chi connectivity index (χ0n) is 13.9. The fourth-order valence-corrected chi connectivity index (χ4v) is 3.77. The maximum atomic E-state index is 11.9. The SMILES string of the molecule is O=C(NCCCc1ccccc1)NCC(O)c1csc2ccccc12. The van der Waals surface area contributed by atoms with Crippen molar-refractivity contribution in [3.63, 3.8) is 0 Å². The highest BCUT2D eigenvalue weighted by Crippen LogP contribution is 2.29. The molecule has 0 saturated carbocycles. The largest absolute Gasteiger partial charge is 0.387 e. The molecular weight excluding hydrogens is 332 g/mol. The van der Waals surface area contributed by atoms with Crippen LogP contribution in [0.2, 0.25) is 0 Å². The van der Waals surface area contributed by atoms with Crippen molar-refractivity contribution in [2.45, 2.75) is 18.9 Å². The first-order valence-electron chi connectivity index (χ1n) is 8.44. The minimum atomic E-state index is -0.703. The van der Waals surface area contributed by atoms with E-state index in [-0.39, 0.29) is 12.6 Å². The second kappa shape index (κ2) is 8.65. The summed E-state index contributed by atoms with van der Waals surface area (Å²) in [5.41, 5.74) is 2.13. The van der Waals surface area contributed by atoms with Gasteiger partial charge in [-0.05, 0) is 35.2 Å². The van der Waals surface area contributed by atoms with Crippen LogP contribution in [0.4, 0.5) is 4.79 Å². The van der Waals surface area contributed by atoms with Gasteiger partial charge in [0.2, 0.25) is 0 Å². The number of thiophene rings is 1. The van der Waals surface area contributed by atoms with Gasteiger partial charge in [0, 0.05) is 23.4 Å². The Kier molecular flexibility index (Phi) is 6.04. The van der Waals surface area contributed by atoms with E-state index in [1.807, 2.05) is 47.8 Å². The molecule has 4 nitrogen and oxygen atoms in total. The van der Waals surface area contributed by atoms with E-state index in [1.165, 1.54) is 5.56 Å². The molecule has 2 aromatic carbocycles. The number of amides is 2. The second-order valence-electron chi connectivity index (χ2n) is 5.93. The van der Waals surface area contributed by atoms with E-state index in [1.54, 1.807) is 11.3 Å². The van der Waals surface area contributed by atoms with Gasteiger partial charge in [0.1, 0.15) is 0 Å². The average molecular weight is 354 g/mol. The van der Waals surface area contributed by atoms with Crippen molar-refractivity contribution < 1.29 is 9.90 Å². The van der Waals surface area contributed by atoms with Gasteiger partial charge in [-0.15, -0.1) is 11.3 Å². The maximum Gasteiger partial charge on any atom is 0.314 e. The summed E-state index contributed by atoms with van der Waals surface area (Å²) < 4.78 is 1.14. The number of carbonyl (C=O) groups excluding carboxylic acids is 1. The van der Waals surface area contributed by atoms with E-state index in [4.69, 9.17) is 0 Å². The van der Waals surface area contributed by atoms with Crippen LogP contribution in [0.25, 0.3) is 10.1 Å². The molecule has 1 aromatic heterocycles. The highest BCUT2D eigenvalue weighted by atomic mass is 32.1. The normalized spacial score (nSPS) is 12.0. The van der Waals surface area contributed by atoms with Crippen LogP contribution in [0.15, 0.2) is 60.0 Å². The van der Waals surface area contributed by atoms with Crippen molar-refractivity contribution in [3.05, 3.63) is 71.1 Å². The van der Waals surface area contributed by atoms with E-state index < -0.39 is 6.10 Å². The molecule has 0 radical (unpaired) electrons. The lowest BCUT2D eigenvalue weighted by Crippen LogP contribution is -2.38. The number of benzene rings is 2. The van der Waals surface area contributed by atoms with Crippen LogP contribution in [0.5, 0.6) is 0 Å². The highest BCUT2D eigenvalue weighted by molar-refractivity contribution is 7.17. The fourth-order valence-electron chi connectivity index (χ4n) is 2.76. The van der Waals surface area contributed by atoms with Crippen molar-refractivity contribution in [1.29, 1.82) is 0 Å². The molecule has 0 saturated heterocycles. The first-order chi connectivity index (χ1) is 12.2. The first-order valence-corrected chi connectivity index (χ1v) is 9.32. The summed E-state index contributed by atoms with van der Waals surface area (Å²) in [5.74, 6) is 0. The van der Waals surface area contributed by atoms with E-state index in [0.717, 1.165) is 28.5 Å². The Hall–Kier alpha value is -2.37. The van der Waals surface area contributed by atoms with Crippen LogP contribution >= 0.6 is 11.3 Å². The van der Waals surface area contributed by atoms with E-state index in [0.29, 0.717) is 6.54 Å². The van der Waals surface area contributed by atoms with Crippen LogP contribution in [-0.2, 0) is 6.42 Å². The number of hydrogen-bond acceptors (Lipinski definition) is 3. The maximum absolute atomic E-state index is 11.9. The predicted molar refractivity (Wildman–Crippen MR) is 103 cm³/mol. The number of nitrogens with one attached hydrogen (secondary N) is 2. The van der Waals surface area contributed by atoms with Crippen LogP contribution in [0, 0.1) is 0 Å². The molecule has 0 aliphatic heterocycles. The third kappa shape index (κ3) is 4.81. The van der Waals surface area contributed by atoms with Crippen LogP contribution in [-0.4, -0.2) is 24.2 Å². The molecule has 25 heavy (non-hydrogen) atoms. The number of urea groups is 1. The third-order valence-electron chi connectivity index (χ3n) is 4.10.